The van der Waals surface area contributed by atoms with Crippen LogP contribution in [0.4, 0.5) is 5.95 Å². The largest absolute Gasteiger partial charge is 0.352 e. The number of H-pyrrole nitrogens is 1. The zero-order chi connectivity index (χ0) is 13.2. The van der Waals surface area contributed by atoms with Crippen LogP contribution in [-0.4, -0.2) is 24.7 Å². The molecule has 7 heteroatoms. The molecule has 19 heavy (non-hydrogen) atoms. The molecule has 0 unspecified atom stereocenters. The molecule has 3 aromatic heterocycles. The Labute approximate surface area is 108 Å². The van der Waals surface area contributed by atoms with Crippen molar-refractivity contribution in [2.45, 2.75) is 6.54 Å². The SMILES string of the molecule is Cn1ncc2c(=O)[nH]c(NCc3cccnc3)nc21. The molecule has 3 heterocycles. The zero-order valence-corrected chi connectivity index (χ0v) is 10.3. The molecule has 0 spiro atoms. The molecule has 0 fully saturated rings. The summed E-state index contributed by atoms with van der Waals surface area (Å²) in [6, 6.07) is 3.80. The fraction of sp³-hybridized carbons (Fsp3) is 0.167. The molecule has 0 saturated carbocycles. The van der Waals surface area contributed by atoms with Gasteiger partial charge in [0.05, 0.1) is 6.20 Å². The van der Waals surface area contributed by atoms with E-state index in [1.54, 1.807) is 24.1 Å². The summed E-state index contributed by atoms with van der Waals surface area (Å²) in [4.78, 5) is 22.9. The van der Waals surface area contributed by atoms with Crippen LogP contribution in [0, 0.1) is 0 Å². The predicted molar refractivity (Wildman–Crippen MR) is 70.7 cm³/mol. The molecule has 0 aliphatic rings. The standard InChI is InChI=1S/C12H12N6O/c1-18-10-9(7-15-18)11(19)17-12(16-10)14-6-8-3-2-4-13-5-8/h2-5,7H,6H2,1H3,(H2,14,16,17,19). The molecular weight excluding hydrogens is 244 g/mol. The monoisotopic (exact) mass is 256 g/mol. The van der Waals surface area contributed by atoms with Gasteiger partial charge >= 0.3 is 0 Å². The van der Waals surface area contributed by atoms with E-state index in [0.29, 0.717) is 23.5 Å². The Morgan fingerprint density at radius 1 is 1.42 bits per heavy atom. The average Bonchev–Trinajstić information content (AvgIpc) is 2.80. The number of fused-ring (bicyclic) bond motifs is 1. The fourth-order valence-corrected chi connectivity index (χ4v) is 1.80. The highest BCUT2D eigenvalue weighted by Crippen LogP contribution is 2.07. The number of anilines is 1. The van der Waals surface area contributed by atoms with Gasteiger partial charge in [0.1, 0.15) is 5.39 Å². The van der Waals surface area contributed by atoms with Gasteiger partial charge in [-0.1, -0.05) is 6.07 Å². The summed E-state index contributed by atoms with van der Waals surface area (Å²) < 4.78 is 1.57. The quantitative estimate of drug-likeness (QED) is 0.718. The molecule has 0 aromatic carbocycles. The van der Waals surface area contributed by atoms with E-state index in [-0.39, 0.29) is 5.56 Å². The van der Waals surface area contributed by atoms with E-state index in [4.69, 9.17) is 0 Å². The highest BCUT2D eigenvalue weighted by molar-refractivity contribution is 5.74. The third-order valence-corrected chi connectivity index (χ3v) is 2.78. The Balaban J connectivity index is 1.89. The van der Waals surface area contributed by atoms with Crippen molar-refractivity contribution in [1.29, 1.82) is 0 Å². The second-order valence-corrected chi connectivity index (χ2v) is 4.13. The van der Waals surface area contributed by atoms with Crippen molar-refractivity contribution in [3.63, 3.8) is 0 Å². The number of pyridine rings is 1. The van der Waals surface area contributed by atoms with Gasteiger partial charge in [0.25, 0.3) is 5.56 Å². The molecule has 0 saturated heterocycles. The van der Waals surface area contributed by atoms with Crippen LogP contribution in [0.5, 0.6) is 0 Å². The van der Waals surface area contributed by atoms with Gasteiger partial charge in [-0.15, -0.1) is 0 Å². The van der Waals surface area contributed by atoms with E-state index in [2.05, 4.69) is 25.4 Å². The lowest BCUT2D eigenvalue weighted by molar-refractivity contribution is 0.785. The van der Waals surface area contributed by atoms with Gasteiger partial charge in [0, 0.05) is 26.0 Å². The lowest BCUT2D eigenvalue weighted by Crippen LogP contribution is -2.13. The first-order valence-electron chi connectivity index (χ1n) is 5.79. The Morgan fingerprint density at radius 3 is 3.11 bits per heavy atom. The van der Waals surface area contributed by atoms with Gasteiger partial charge < -0.3 is 5.32 Å². The molecule has 0 aliphatic heterocycles. The minimum atomic E-state index is -0.202. The van der Waals surface area contributed by atoms with Crippen molar-refractivity contribution < 1.29 is 0 Å². The lowest BCUT2D eigenvalue weighted by Gasteiger charge is -2.05. The Morgan fingerprint density at radius 2 is 2.32 bits per heavy atom. The van der Waals surface area contributed by atoms with Crippen LogP contribution in [0.3, 0.4) is 0 Å². The van der Waals surface area contributed by atoms with Crippen molar-refractivity contribution in [3.8, 4) is 0 Å². The summed E-state index contributed by atoms with van der Waals surface area (Å²) in [6.45, 7) is 0.542. The van der Waals surface area contributed by atoms with E-state index in [1.165, 1.54) is 6.20 Å². The molecule has 3 aromatic rings. The third kappa shape index (κ3) is 2.17. The second-order valence-electron chi connectivity index (χ2n) is 4.13. The maximum Gasteiger partial charge on any atom is 0.263 e. The number of aromatic amines is 1. The number of hydrogen-bond donors (Lipinski definition) is 2. The van der Waals surface area contributed by atoms with Crippen LogP contribution in [0.1, 0.15) is 5.56 Å². The van der Waals surface area contributed by atoms with Crippen LogP contribution < -0.4 is 10.9 Å². The van der Waals surface area contributed by atoms with Crippen LogP contribution in [0.15, 0.2) is 35.5 Å². The minimum absolute atomic E-state index is 0.202. The summed E-state index contributed by atoms with van der Waals surface area (Å²) in [5.74, 6) is 0.421. The Hall–Kier alpha value is -2.70. The van der Waals surface area contributed by atoms with Crippen molar-refractivity contribution in [3.05, 3.63) is 46.6 Å². The van der Waals surface area contributed by atoms with Gasteiger partial charge in [0.15, 0.2) is 5.65 Å². The smallest absolute Gasteiger partial charge is 0.263 e. The van der Waals surface area contributed by atoms with Gasteiger partial charge in [0.2, 0.25) is 5.95 Å². The molecule has 3 rings (SSSR count). The highest BCUT2D eigenvalue weighted by atomic mass is 16.1. The van der Waals surface area contributed by atoms with Gasteiger partial charge in [-0.25, -0.2) is 0 Å². The molecule has 0 bridgehead atoms. The number of nitrogens with one attached hydrogen (secondary N) is 2. The molecule has 96 valence electrons. The average molecular weight is 256 g/mol. The summed E-state index contributed by atoms with van der Waals surface area (Å²) >= 11 is 0. The predicted octanol–water partition coefficient (Wildman–Crippen LogP) is 0.664. The minimum Gasteiger partial charge on any atom is -0.352 e. The molecule has 0 aliphatic carbocycles. The Bertz CT molecular complexity index is 761. The molecule has 0 amide bonds. The van der Waals surface area contributed by atoms with Crippen molar-refractivity contribution in [1.82, 2.24) is 24.7 Å². The topological polar surface area (TPSA) is 88.5 Å². The summed E-state index contributed by atoms with van der Waals surface area (Å²) in [6.07, 6.45) is 4.98. The molecule has 0 atom stereocenters. The van der Waals surface area contributed by atoms with Crippen LogP contribution >= 0.6 is 0 Å². The highest BCUT2D eigenvalue weighted by Gasteiger charge is 2.07. The third-order valence-electron chi connectivity index (χ3n) is 2.78. The maximum absolute atomic E-state index is 11.8. The zero-order valence-electron chi connectivity index (χ0n) is 10.3. The van der Waals surface area contributed by atoms with Crippen LogP contribution in [0.2, 0.25) is 0 Å². The fourth-order valence-electron chi connectivity index (χ4n) is 1.80. The van der Waals surface area contributed by atoms with Crippen molar-refractivity contribution >= 4 is 17.0 Å². The second kappa shape index (κ2) is 4.52. The van der Waals surface area contributed by atoms with Gasteiger partial charge in [-0.3, -0.25) is 19.4 Å². The summed E-state index contributed by atoms with van der Waals surface area (Å²) in [5, 5.41) is 7.56. The molecule has 2 N–H and O–H groups in total. The van der Waals surface area contributed by atoms with Crippen LogP contribution in [0.25, 0.3) is 11.0 Å². The van der Waals surface area contributed by atoms with E-state index in [9.17, 15) is 4.79 Å². The number of hydrogen-bond acceptors (Lipinski definition) is 5. The summed E-state index contributed by atoms with van der Waals surface area (Å²) in [7, 11) is 1.75. The first kappa shape index (κ1) is 11.4. The normalized spacial score (nSPS) is 10.8. The maximum atomic E-state index is 11.8. The van der Waals surface area contributed by atoms with Gasteiger partial charge in [-0.05, 0) is 11.6 Å². The van der Waals surface area contributed by atoms with Crippen molar-refractivity contribution in [2.75, 3.05) is 5.32 Å². The Kier molecular flexibility index (Phi) is 2.71. The number of nitrogens with zero attached hydrogens (tertiary/aromatic N) is 4. The van der Waals surface area contributed by atoms with E-state index >= 15 is 0 Å². The number of rotatable bonds is 3. The molecular formula is C12H12N6O. The number of aryl methyl sites for hydroxylation is 1. The molecule has 0 radical (unpaired) electrons. The lowest BCUT2D eigenvalue weighted by atomic mass is 10.3. The van der Waals surface area contributed by atoms with E-state index < -0.39 is 0 Å². The van der Waals surface area contributed by atoms with E-state index in [1.807, 2.05) is 12.1 Å². The first-order chi connectivity index (χ1) is 9.24. The summed E-state index contributed by atoms with van der Waals surface area (Å²) in [5.41, 5.74) is 1.36. The first-order valence-corrected chi connectivity index (χ1v) is 5.79. The molecule has 7 nitrogen and oxygen atoms in total. The number of aromatic nitrogens is 5. The van der Waals surface area contributed by atoms with E-state index in [0.717, 1.165) is 5.56 Å². The van der Waals surface area contributed by atoms with Gasteiger partial charge in [-0.2, -0.15) is 10.1 Å². The van der Waals surface area contributed by atoms with Crippen LogP contribution in [-0.2, 0) is 13.6 Å². The van der Waals surface area contributed by atoms with Crippen molar-refractivity contribution in [2.24, 2.45) is 7.05 Å².